The van der Waals surface area contributed by atoms with Crippen LogP contribution >= 0.6 is 0 Å². The maximum atomic E-state index is 13.6. The molecular formula is C12H4F9N3O. The summed E-state index contributed by atoms with van der Waals surface area (Å²) < 4.78 is 116. The van der Waals surface area contributed by atoms with Crippen molar-refractivity contribution in [2.45, 2.75) is 12.7 Å². The van der Waals surface area contributed by atoms with Gasteiger partial charge in [0.2, 0.25) is 0 Å². The van der Waals surface area contributed by atoms with Gasteiger partial charge >= 0.3 is 12.7 Å². The Morgan fingerprint density at radius 1 is 1.04 bits per heavy atom. The summed E-state index contributed by atoms with van der Waals surface area (Å²) in [5.41, 5.74) is -5.71. The highest BCUT2D eigenvalue weighted by atomic mass is 19.4. The largest absolute Gasteiger partial charge is 0.422 e. The number of aromatic nitrogens is 2. The number of rotatable bonds is 3. The Balaban J connectivity index is 2.51. The van der Waals surface area contributed by atoms with Crippen molar-refractivity contribution >= 4 is 11.6 Å². The summed E-state index contributed by atoms with van der Waals surface area (Å²) in [4.78, 5) is 11.7. The first-order valence-electron chi connectivity index (χ1n) is 6.03. The van der Waals surface area contributed by atoms with Crippen molar-refractivity contribution in [2.75, 3.05) is 5.32 Å². The van der Waals surface area contributed by atoms with Gasteiger partial charge in [-0.1, -0.05) is 0 Å². The van der Waals surface area contributed by atoms with Gasteiger partial charge in [-0.3, -0.25) is 4.79 Å². The van der Waals surface area contributed by atoms with Crippen LogP contribution < -0.4 is 5.32 Å². The van der Waals surface area contributed by atoms with Gasteiger partial charge < -0.3 is 5.32 Å². The number of halogens is 9. The second kappa shape index (κ2) is 6.29. The molecule has 13 heteroatoms. The fourth-order valence-corrected chi connectivity index (χ4v) is 1.82. The molecule has 0 atom stereocenters. The first-order chi connectivity index (χ1) is 11.5. The molecule has 0 unspecified atom stereocenters. The number of hydrogen-bond donors (Lipinski definition) is 1. The van der Waals surface area contributed by atoms with Crippen molar-refractivity contribution in [3.05, 3.63) is 46.8 Å². The lowest BCUT2D eigenvalue weighted by Crippen LogP contribution is -2.22. The van der Waals surface area contributed by atoms with Gasteiger partial charge in [0.15, 0.2) is 23.3 Å². The molecule has 0 radical (unpaired) electrons. The number of amides is 1. The molecule has 25 heavy (non-hydrogen) atoms. The van der Waals surface area contributed by atoms with E-state index in [9.17, 15) is 44.3 Å². The highest BCUT2D eigenvalue weighted by molar-refractivity contribution is 6.03. The number of alkyl halides is 5. The van der Waals surface area contributed by atoms with Crippen LogP contribution in [0.3, 0.4) is 0 Å². The SMILES string of the molecule is O=C(Nc1c(F)c(F)c(C(F)(F)F)c(F)c1F)c1ccnn1C(F)F. The number of carbonyl (C=O) groups is 1. The van der Waals surface area contributed by atoms with Crippen LogP contribution in [0.1, 0.15) is 22.6 Å². The lowest BCUT2D eigenvalue weighted by Gasteiger charge is -2.14. The molecule has 0 bridgehead atoms. The minimum absolute atomic E-state index is 0.193. The molecule has 0 fully saturated rings. The Labute approximate surface area is 131 Å². The molecule has 1 amide bonds. The summed E-state index contributed by atoms with van der Waals surface area (Å²) >= 11 is 0. The lowest BCUT2D eigenvalue weighted by atomic mass is 10.1. The van der Waals surface area contributed by atoms with Crippen molar-refractivity contribution < 1.29 is 44.3 Å². The van der Waals surface area contributed by atoms with Gasteiger partial charge in [0.05, 0.1) is 0 Å². The summed E-state index contributed by atoms with van der Waals surface area (Å²) in [7, 11) is 0. The third-order valence-electron chi connectivity index (χ3n) is 2.87. The summed E-state index contributed by atoms with van der Waals surface area (Å²) in [6, 6.07) is 0.675. The minimum atomic E-state index is -5.76. The summed E-state index contributed by atoms with van der Waals surface area (Å²) in [6.45, 7) is -3.34. The summed E-state index contributed by atoms with van der Waals surface area (Å²) in [5.74, 6) is -12.4. The van der Waals surface area contributed by atoms with E-state index in [0.717, 1.165) is 0 Å². The fourth-order valence-electron chi connectivity index (χ4n) is 1.82. The van der Waals surface area contributed by atoms with Crippen LogP contribution in [0.25, 0.3) is 0 Å². The second-order valence-corrected chi connectivity index (χ2v) is 4.40. The normalized spacial score (nSPS) is 11.9. The molecule has 0 saturated carbocycles. The monoisotopic (exact) mass is 377 g/mol. The second-order valence-electron chi connectivity index (χ2n) is 4.40. The van der Waals surface area contributed by atoms with Gasteiger partial charge in [0, 0.05) is 6.20 Å². The molecule has 0 saturated heterocycles. The highest BCUT2D eigenvalue weighted by Crippen LogP contribution is 2.38. The van der Waals surface area contributed by atoms with E-state index in [1.165, 1.54) is 5.32 Å². The van der Waals surface area contributed by atoms with Crippen molar-refractivity contribution in [1.82, 2.24) is 9.78 Å². The van der Waals surface area contributed by atoms with Crippen LogP contribution in [0, 0.1) is 23.3 Å². The molecule has 2 aromatic rings. The minimum Gasteiger partial charge on any atom is -0.316 e. The van der Waals surface area contributed by atoms with E-state index in [1.54, 1.807) is 0 Å². The maximum absolute atomic E-state index is 13.6. The van der Waals surface area contributed by atoms with Gasteiger partial charge in [-0.15, -0.1) is 0 Å². The van der Waals surface area contributed by atoms with Gasteiger partial charge in [-0.25, -0.2) is 17.6 Å². The molecule has 1 aromatic heterocycles. The number of benzene rings is 1. The predicted molar refractivity (Wildman–Crippen MR) is 62.7 cm³/mol. The smallest absolute Gasteiger partial charge is 0.316 e. The molecule has 0 spiro atoms. The van der Waals surface area contributed by atoms with Crippen LogP contribution in [0.2, 0.25) is 0 Å². The molecule has 136 valence electrons. The molecule has 0 aliphatic rings. The zero-order chi connectivity index (χ0) is 19.1. The van der Waals surface area contributed by atoms with Crippen LogP contribution in [-0.4, -0.2) is 15.7 Å². The van der Waals surface area contributed by atoms with E-state index in [4.69, 9.17) is 0 Å². The highest BCUT2D eigenvalue weighted by Gasteiger charge is 2.42. The quantitative estimate of drug-likeness (QED) is 0.647. The van der Waals surface area contributed by atoms with Crippen molar-refractivity contribution in [2.24, 2.45) is 0 Å². The Hall–Kier alpha value is -2.73. The first kappa shape index (κ1) is 18.6. The van der Waals surface area contributed by atoms with Crippen LogP contribution in [-0.2, 0) is 6.18 Å². The molecule has 2 rings (SSSR count). The average Bonchev–Trinajstić information content (AvgIpc) is 2.98. The number of anilines is 1. The Kier molecular flexibility index (Phi) is 4.68. The van der Waals surface area contributed by atoms with Crippen molar-refractivity contribution in [3.8, 4) is 0 Å². The number of nitrogens with one attached hydrogen (secondary N) is 1. The molecule has 0 aliphatic heterocycles. The van der Waals surface area contributed by atoms with Gasteiger partial charge in [0.25, 0.3) is 5.91 Å². The van der Waals surface area contributed by atoms with Crippen LogP contribution in [0.4, 0.5) is 45.2 Å². The molecular weight excluding hydrogens is 373 g/mol. The number of carbonyl (C=O) groups excluding carboxylic acids is 1. The standard InChI is InChI=1S/C12H4F9N3O/c13-5-4(12(19,20)21)6(14)8(16)9(7(5)15)23-10(25)3-1-2-22-24(3)11(17)18/h1-2,11H,(H,23,25). The Morgan fingerprint density at radius 3 is 2.00 bits per heavy atom. The number of hydrogen-bond acceptors (Lipinski definition) is 2. The van der Waals surface area contributed by atoms with Crippen LogP contribution in [0.5, 0.6) is 0 Å². The van der Waals surface area contributed by atoms with E-state index in [0.29, 0.717) is 12.3 Å². The van der Waals surface area contributed by atoms with Gasteiger partial charge in [-0.05, 0) is 6.07 Å². The zero-order valence-electron chi connectivity index (χ0n) is 11.4. The van der Waals surface area contributed by atoms with E-state index in [-0.39, 0.29) is 4.68 Å². The third-order valence-corrected chi connectivity index (χ3v) is 2.87. The van der Waals surface area contributed by atoms with Crippen LogP contribution in [0.15, 0.2) is 12.3 Å². The lowest BCUT2D eigenvalue weighted by molar-refractivity contribution is -0.143. The molecule has 1 N–H and O–H groups in total. The Bertz CT molecular complexity index is 799. The van der Waals surface area contributed by atoms with Crippen molar-refractivity contribution in [3.63, 3.8) is 0 Å². The first-order valence-corrected chi connectivity index (χ1v) is 6.03. The van der Waals surface area contributed by atoms with E-state index >= 15 is 0 Å². The fraction of sp³-hybridized carbons (Fsp3) is 0.167. The number of nitrogens with zero attached hydrogens (tertiary/aromatic N) is 2. The van der Waals surface area contributed by atoms with E-state index in [2.05, 4.69) is 5.10 Å². The molecule has 4 nitrogen and oxygen atoms in total. The molecule has 1 heterocycles. The Morgan fingerprint density at radius 2 is 1.56 bits per heavy atom. The molecule has 0 aliphatic carbocycles. The summed E-state index contributed by atoms with van der Waals surface area (Å²) in [6.07, 6.45) is -5.05. The third kappa shape index (κ3) is 3.25. The summed E-state index contributed by atoms with van der Waals surface area (Å²) in [5, 5.41) is 4.23. The maximum Gasteiger partial charge on any atom is 0.422 e. The van der Waals surface area contributed by atoms with E-state index < -0.39 is 58.8 Å². The average molecular weight is 377 g/mol. The van der Waals surface area contributed by atoms with Gasteiger partial charge in [-0.2, -0.15) is 31.7 Å². The van der Waals surface area contributed by atoms with Crippen molar-refractivity contribution in [1.29, 1.82) is 0 Å². The predicted octanol–water partition coefficient (Wildman–Crippen LogP) is 4.11. The topological polar surface area (TPSA) is 46.9 Å². The zero-order valence-corrected chi connectivity index (χ0v) is 11.4. The van der Waals surface area contributed by atoms with E-state index in [1.807, 2.05) is 0 Å². The molecule has 1 aromatic carbocycles. The van der Waals surface area contributed by atoms with Gasteiger partial charge in [0.1, 0.15) is 16.9 Å².